The Balaban J connectivity index is 4.66. The van der Waals surface area contributed by atoms with Crippen LogP contribution in [0.3, 0.4) is 0 Å². The summed E-state index contributed by atoms with van der Waals surface area (Å²) in [6.07, 6.45) is -1.20. The maximum atomic E-state index is 11.6. The molecule has 0 aliphatic rings. The van der Waals surface area contributed by atoms with Crippen molar-refractivity contribution < 1.29 is 24.2 Å². The van der Waals surface area contributed by atoms with Crippen molar-refractivity contribution in [2.24, 2.45) is 11.7 Å². The van der Waals surface area contributed by atoms with E-state index in [1.165, 1.54) is 0 Å². The number of hydrogen-bond donors (Lipinski definition) is 2. The molecular formula is C10H19NO5. The maximum absolute atomic E-state index is 11.6. The van der Waals surface area contributed by atoms with E-state index in [2.05, 4.69) is 0 Å². The van der Waals surface area contributed by atoms with E-state index in [1.807, 2.05) is 0 Å². The first-order valence-electron chi connectivity index (χ1n) is 5.02. The molecule has 6 heteroatoms. The zero-order valence-corrected chi connectivity index (χ0v) is 10.0. The predicted molar refractivity (Wildman–Crippen MR) is 56.6 cm³/mol. The fourth-order valence-electron chi connectivity index (χ4n) is 1.03. The van der Waals surface area contributed by atoms with Crippen LogP contribution in [0.15, 0.2) is 0 Å². The number of carboxylic acids is 1. The second kappa shape index (κ2) is 5.81. The number of nitrogens with two attached hydrogens (primary N) is 1. The molecule has 0 rings (SSSR count). The highest BCUT2D eigenvalue weighted by Gasteiger charge is 2.36. The Morgan fingerprint density at radius 1 is 1.38 bits per heavy atom. The van der Waals surface area contributed by atoms with Gasteiger partial charge in [0.05, 0.1) is 0 Å². The van der Waals surface area contributed by atoms with Crippen molar-refractivity contribution in [1.82, 2.24) is 0 Å². The normalized spacial score (nSPS) is 15.3. The van der Waals surface area contributed by atoms with Gasteiger partial charge in [-0.1, -0.05) is 0 Å². The van der Waals surface area contributed by atoms with Gasteiger partial charge in [0.2, 0.25) is 0 Å². The summed E-state index contributed by atoms with van der Waals surface area (Å²) in [7, 11) is 0. The van der Waals surface area contributed by atoms with Gasteiger partial charge in [-0.05, 0) is 27.7 Å². The van der Waals surface area contributed by atoms with Crippen molar-refractivity contribution >= 4 is 11.9 Å². The predicted octanol–water partition coefficient (Wildman–Crippen LogP) is 0.350. The van der Waals surface area contributed by atoms with E-state index in [0.29, 0.717) is 0 Å². The molecule has 94 valence electrons. The topological polar surface area (TPSA) is 98.9 Å². The Kier molecular flexibility index (Phi) is 5.40. The molecule has 2 unspecified atom stereocenters. The Morgan fingerprint density at radius 2 is 1.88 bits per heavy atom. The largest absolute Gasteiger partial charge is 0.480 e. The number of aliphatic carboxylic acids is 1. The molecule has 3 N–H and O–H groups in total. The monoisotopic (exact) mass is 233 g/mol. The Hall–Kier alpha value is -1.14. The van der Waals surface area contributed by atoms with Crippen molar-refractivity contribution in [3.8, 4) is 0 Å². The number of ether oxygens (including phenoxy) is 2. The SMILES string of the molecule is CCOC(N)C(C(=O)O)C(=O)OC(C)(C)C. The summed E-state index contributed by atoms with van der Waals surface area (Å²) in [5, 5.41) is 8.88. The molecule has 0 aliphatic heterocycles. The van der Waals surface area contributed by atoms with Crippen molar-refractivity contribution in [2.75, 3.05) is 6.61 Å². The number of esters is 1. The van der Waals surface area contributed by atoms with Crippen LogP contribution < -0.4 is 5.73 Å². The van der Waals surface area contributed by atoms with Crippen LogP contribution in [0.2, 0.25) is 0 Å². The second-order valence-corrected chi connectivity index (χ2v) is 4.27. The van der Waals surface area contributed by atoms with Gasteiger partial charge in [-0.25, -0.2) is 0 Å². The van der Waals surface area contributed by atoms with Gasteiger partial charge in [0, 0.05) is 6.61 Å². The van der Waals surface area contributed by atoms with Gasteiger partial charge in [-0.15, -0.1) is 0 Å². The summed E-state index contributed by atoms with van der Waals surface area (Å²) in [5.74, 6) is -3.74. The van der Waals surface area contributed by atoms with E-state index in [0.717, 1.165) is 0 Å². The highest BCUT2D eigenvalue weighted by Crippen LogP contribution is 2.14. The third kappa shape index (κ3) is 5.09. The smallest absolute Gasteiger partial charge is 0.324 e. The number of carbonyl (C=O) groups is 2. The van der Waals surface area contributed by atoms with Crippen LogP contribution in [-0.4, -0.2) is 35.5 Å². The lowest BCUT2D eigenvalue weighted by atomic mass is 10.1. The minimum absolute atomic E-state index is 0.230. The molecular weight excluding hydrogens is 214 g/mol. The Labute approximate surface area is 94.7 Å². The highest BCUT2D eigenvalue weighted by molar-refractivity contribution is 5.94. The lowest BCUT2D eigenvalue weighted by molar-refractivity contribution is -0.173. The van der Waals surface area contributed by atoms with E-state index in [4.69, 9.17) is 20.3 Å². The molecule has 6 nitrogen and oxygen atoms in total. The van der Waals surface area contributed by atoms with E-state index in [9.17, 15) is 9.59 Å². The van der Waals surface area contributed by atoms with Crippen LogP contribution >= 0.6 is 0 Å². The number of rotatable bonds is 5. The molecule has 2 atom stereocenters. The molecule has 0 amide bonds. The van der Waals surface area contributed by atoms with Crippen molar-refractivity contribution in [3.05, 3.63) is 0 Å². The summed E-state index contributed by atoms with van der Waals surface area (Å²) < 4.78 is 9.85. The lowest BCUT2D eigenvalue weighted by Crippen LogP contribution is -2.45. The van der Waals surface area contributed by atoms with Crippen LogP contribution in [0, 0.1) is 5.92 Å². The molecule has 16 heavy (non-hydrogen) atoms. The summed E-state index contributed by atoms with van der Waals surface area (Å²) in [6.45, 7) is 6.84. The van der Waals surface area contributed by atoms with E-state index < -0.39 is 29.7 Å². The van der Waals surface area contributed by atoms with Crippen LogP contribution in [-0.2, 0) is 19.1 Å². The summed E-state index contributed by atoms with van der Waals surface area (Å²) in [6, 6.07) is 0. The zero-order valence-electron chi connectivity index (χ0n) is 10.0. The van der Waals surface area contributed by atoms with Crippen molar-refractivity contribution in [2.45, 2.75) is 39.5 Å². The van der Waals surface area contributed by atoms with Gasteiger partial charge in [0.15, 0.2) is 5.92 Å². The summed E-state index contributed by atoms with van der Waals surface area (Å²) >= 11 is 0. The summed E-state index contributed by atoms with van der Waals surface area (Å²) in [5.41, 5.74) is 4.69. The van der Waals surface area contributed by atoms with Crippen LogP contribution in [0.4, 0.5) is 0 Å². The van der Waals surface area contributed by atoms with Crippen molar-refractivity contribution in [1.29, 1.82) is 0 Å². The first-order valence-corrected chi connectivity index (χ1v) is 5.02. The first kappa shape index (κ1) is 14.9. The number of carbonyl (C=O) groups excluding carboxylic acids is 1. The van der Waals surface area contributed by atoms with Gasteiger partial charge in [-0.3, -0.25) is 9.59 Å². The first-order chi connectivity index (χ1) is 7.19. The van der Waals surface area contributed by atoms with Crippen LogP contribution in [0.5, 0.6) is 0 Å². The number of hydrogen-bond acceptors (Lipinski definition) is 5. The average molecular weight is 233 g/mol. The van der Waals surface area contributed by atoms with Gasteiger partial charge in [-0.2, -0.15) is 0 Å². The third-order valence-electron chi connectivity index (χ3n) is 1.61. The molecule has 0 aromatic carbocycles. The maximum Gasteiger partial charge on any atom is 0.324 e. The fraction of sp³-hybridized carbons (Fsp3) is 0.800. The van der Waals surface area contributed by atoms with Gasteiger partial charge in [0.1, 0.15) is 11.8 Å². The molecule has 0 radical (unpaired) electrons. The Morgan fingerprint density at radius 3 is 2.19 bits per heavy atom. The van der Waals surface area contributed by atoms with E-state index >= 15 is 0 Å². The minimum atomic E-state index is -1.50. The highest BCUT2D eigenvalue weighted by atomic mass is 16.6. The van der Waals surface area contributed by atoms with E-state index in [1.54, 1.807) is 27.7 Å². The Bertz CT molecular complexity index is 258. The van der Waals surface area contributed by atoms with Gasteiger partial charge < -0.3 is 20.3 Å². The van der Waals surface area contributed by atoms with Gasteiger partial charge >= 0.3 is 11.9 Å². The molecule has 0 aromatic rings. The molecule has 0 bridgehead atoms. The molecule has 0 heterocycles. The molecule has 0 fully saturated rings. The second-order valence-electron chi connectivity index (χ2n) is 4.27. The molecule has 0 saturated carbocycles. The molecule has 0 spiro atoms. The average Bonchev–Trinajstić information content (AvgIpc) is 1.99. The standard InChI is InChI=1S/C10H19NO5/c1-5-15-7(11)6(8(12)13)9(14)16-10(2,3)4/h6-7H,5,11H2,1-4H3,(H,12,13). The molecule has 0 aliphatic carbocycles. The molecule has 0 aromatic heterocycles. The minimum Gasteiger partial charge on any atom is -0.480 e. The lowest BCUT2D eigenvalue weighted by Gasteiger charge is -2.24. The zero-order chi connectivity index (χ0) is 12.9. The van der Waals surface area contributed by atoms with Gasteiger partial charge in [0.25, 0.3) is 0 Å². The van der Waals surface area contributed by atoms with Crippen LogP contribution in [0.25, 0.3) is 0 Å². The fourth-order valence-corrected chi connectivity index (χ4v) is 1.03. The molecule has 0 saturated heterocycles. The number of carboxylic acid groups (broad SMARTS) is 1. The van der Waals surface area contributed by atoms with Crippen LogP contribution in [0.1, 0.15) is 27.7 Å². The summed E-state index contributed by atoms with van der Waals surface area (Å²) in [4.78, 5) is 22.4. The third-order valence-corrected chi connectivity index (χ3v) is 1.61. The van der Waals surface area contributed by atoms with E-state index in [-0.39, 0.29) is 6.61 Å². The quantitative estimate of drug-likeness (QED) is 0.404. The van der Waals surface area contributed by atoms with Crippen molar-refractivity contribution in [3.63, 3.8) is 0 Å².